The molecule has 1 aliphatic rings. The molecule has 0 saturated heterocycles. The molecule has 7 heteroatoms. The third-order valence-electron chi connectivity index (χ3n) is 3.71. The van der Waals surface area contributed by atoms with Gasteiger partial charge in [-0.1, -0.05) is 6.42 Å². The topological polar surface area (TPSA) is 115 Å². The van der Waals surface area contributed by atoms with Crippen molar-refractivity contribution in [2.45, 2.75) is 19.3 Å². The first-order chi connectivity index (χ1) is 9.65. The lowest BCUT2D eigenvalue weighted by Gasteiger charge is -2.17. The molecule has 1 fully saturated rings. The second kappa shape index (κ2) is 6.30. The summed E-state index contributed by atoms with van der Waals surface area (Å²) < 4.78 is 5.50. The van der Waals surface area contributed by atoms with E-state index in [0.29, 0.717) is 25.0 Å². The van der Waals surface area contributed by atoms with E-state index in [1.54, 1.807) is 0 Å². The van der Waals surface area contributed by atoms with Gasteiger partial charge in [0.25, 0.3) is 5.88 Å². The molecule has 0 amide bonds. The van der Waals surface area contributed by atoms with Crippen LogP contribution in [-0.4, -0.2) is 23.1 Å². The van der Waals surface area contributed by atoms with Crippen molar-refractivity contribution in [3.8, 4) is 11.9 Å². The maximum absolute atomic E-state index is 11.0. The van der Waals surface area contributed by atoms with Gasteiger partial charge in [-0.3, -0.25) is 10.1 Å². The summed E-state index contributed by atoms with van der Waals surface area (Å²) in [6, 6.07) is 3.00. The molecule has 0 spiro atoms. The Morgan fingerprint density at radius 2 is 2.30 bits per heavy atom. The summed E-state index contributed by atoms with van der Waals surface area (Å²) in [6.07, 6.45) is 4.48. The van der Waals surface area contributed by atoms with Crippen LogP contribution in [0.3, 0.4) is 0 Å². The summed E-state index contributed by atoms with van der Waals surface area (Å²) in [6.45, 7) is 0.985. The molecule has 1 aromatic rings. The van der Waals surface area contributed by atoms with Crippen molar-refractivity contribution in [2.24, 2.45) is 17.6 Å². The van der Waals surface area contributed by atoms with Crippen LogP contribution in [0.1, 0.15) is 24.8 Å². The predicted octanol–water partition coefficient (Wildman–Crippen LogP) is 1.62. The highest BCUT2D eigenvalue weighted by Gasteiger charge is 2.28. The molecule has 7 nitrogen and oxygen atoms in total. The fraction of sp³-hybridized carbons (Fsp3) is 0.538. The van der Waals surface area contributed by atoms with Crippen LogP contribution in [0, 0.1) is 33.3 Å². The van der Waals surface area contributed by atoms with E-state index in [4.69, 9.17) is 15.7 Å². The van der Waals surface area contributed by atoms with Crippen molar-refractivity contribution < 1.29 is 9.66 Å². The van der Waals surface area contributed by atoms with Crippen molar-refractivity contribution in [1.82, 2.24) is 4.98 Å². The van der Waals surface area contributed by atoms with Crippen LogP contribution in [0.15, 0.2) is 12.3 Å². The molecule has 2 unspecified atom stereocenters. The molecule has 1 aromatic heterocycles. The molecule has 2 rings (SSSR count). The van der Waals surface area contributed by atoms with Crippen molar-refractivity contribution in [2.75, 3.05) is 13.2 Å². The van der Waals surface area contributed by atoms with Gasteiger partial charge in [0, 0.05) is 12.3 Å². The number of pyridine rings is 1. The molecule has 1 heterocycles. The minimum Gasteiger partial charge on any atom is -0.473 e. The zero-order valence-corrected chi connectivity index (χ0v) is 11.0. The van der Waals surface area contributed by atoms with E-state index in [-0.39, 0.29) is 17.1 Å². The zero-order valence-electron chi connectivity index (χ0n) is 11.0. The molecular weight excluding hydrogens is 260 g/mol. The predicted molar refractivity (Wildman–Crippen MR) is 71.0 cm³/mol. The van der Waals surface area contributed by atoms with Gasteiger partial charge in [0.05, 0.1) is 17.1 Å². The lowest BCUT2D eigenvalue weighted by molar-refractivity contribution is -0.386. The number of ether oxygens (including phenoxy) is 1. The number of hydrogen-bond donors (Lipinski definition) is 1. The highest BCUT2D eigenvalue weighted by Crippen LogP contribution is 2.32. The minimum absolute atomic E-state index is 0.0309. The number of nitrogens with zero attached hydrogens (tertiary/aromatic N) is 3. The Bertz CT molecular complexity index is 541. The average Bonchev–Trinajstić information content (AvgIpc) is 2.92. The number of nitrogens with two attached hydrogens (primary N) is 1. The quantitative estimate of drug-likeness (QED) is 0.645. The Balaban J connectivity index is 2.09. The maximum atomic E-state index is 11.0. The Morgan fingerprint density at radius 3 is 2.95 bits per heavy atom. The van der Waals surface area contributed by atoms with Gasteiger partial charge < -0.3 is 10.5 Å². The first-order valence-corrected chi connectivity index (χ1v) is 6.53. The second-order valence-electron chi connectivity index (χ2n) is 4.91. The maximum Gasteiger partial charge on any atom is 0.332 e. The van der Waals surface area contributed by atoms with E-state index in [1.165, 1.54) is 12.3 Å². The fourth-order valence-corrected chi connectivity index (χ4v) is 2.57. The van der Waals surface area contributed by atoms with E-state index in [0.717, 1.165) is 19.3 Å². The lowest BCUT2D eigenvalue weighted by atomic mass is 9.97. The lowest BCUT2D eigenvalue weighted by Crippen LogP contribution is -2.23. The number of hydrogen-bond acceptors (Lipinski definition) is 6. The standard InChI is InChI=1S/C13H16N4O3/c14-5-9-4-12(17(18)19)13(16-7-9)20-8-11-3-1-2-10(11)6-15/h4,7,10-11H,1-3,6,8,15H2. The van der Waals surface area contributed by atoms with Crippen LogP contribution >= 0.6 is 0 Å². The highest BCUT2D eigenvalue weighted by molar-refractivity contribution is 5.46. The van der Waals surface area contributed by atoms with Gasteiger partial charge in [-0.2, -0.15) is 5.26 Å². The molecule has 1 aliphatic carbocycles. The molecule has 2 N–H and O–H groups in total. The Morgan fingerprint density at radius 1 is 1.55 bits per heavy atom. The minimum atomic E-state index is -0.585. The van der Waals surface area contributed by atoms with E-state index in [9.17, 15) is 10.1 Å². The summed E-state index contributed by atoms with van der Waals surface area (Å²) >= 11 is 0. The zero-order chi connectivity index (χ0) is 14.5. The molecule has 106 valence electrons. The normalized spacial score (nSPS) is 21.4. The Hall–Kier alpha value is -2.20. The Labute approximate surface area is 116 Å². The van der Waals surface area contributed by atoms with Crippen LogP contribution < -0.4 is 10.5 Å². The molecule has 0 aromatic carbocycles. The van der Waals surface area contributed by atoms with Crippen molar-refractivity contribution in [1.29, 1.82) is 5.26 Å². The van der Waals surface area contributed by atoms with Gasteiger partial charge in [0.1, 0.15) is 6.07 Å². The van der Waals surface area contributed by atoms with Gasteiger partial charge in [-0.05, 0) is 31.2 Å². The number of nitro groups is 1. The summed E-state index contributed by atoms with van der Waals surface area (Å²) in [4.78, 5) is 14.2. The van der Waals surface area contributed by atoms with Crippen LogP contribution in [0.5, 0.6) is 5.88 Å². The van der Waals surface area contributed by atoms with Crippen LogP contribution in [-0.2, 0) is 0 Å². The molecule has 1 saturated carbocycles. The van der Waals surface area contributed by atoms with Gasteiger partial charge >= 0.3 is 5.69 Å². The summed E-state index contributed by atoms with van der Waals surface area (Å²) in [5, 5.41) is 19.7. The SMILES string of the molecule is N#Cc1cnc(OCC2CCCC2CN)c([N+](=O)[O-])c1. The molecule has 20 heavy (non-hydrogen) atoms. The van der Waals surface area contributed by atoms with Crippen LogP contribution in [0.4, 0.5) is 5.69 Å². The van der Waals surface area contributed by atoms with Crippen molar-refractivity contribution in [3.05, 3.63) is 27.9 Å². The van der Waals surface area contributed by atoms with Crippen molar-refractivity contribution in [3.63, 3.8) is 0 Å². The molecule has 0 aliphatic heterocycles. The number of rotatable bonds is 5. The third-order valence-corrected chi connectivity index (χ3v) is 3.71. The van der Waals surface area contributed by atoms with E-state index < -0.39 is 4.92 Å². The molecule has 0 radical (unpaired) electrons. The monoisotopic (exact) mass is 276 g/mol. The molecule has 0 bridgehead atoms. The van der Waals surface area contributed by atoms with Gasteiger partial charge in [-0.15, -0.1) is 0 Å². The molecular formula is C13H16N4O3. The second-order valence-corrected chi connectivity index (χ2v) is 4.91. The van der Waals surface area contributed by atoms with E-state index in [1.807, 2.05) is 6.07 Å². The largest absolute Gasteiger partial charge is 0.473 e. The average molecular weight is 276 g/mol. The highest BCUT2D eigenvalue weighted by atomic mass is 16.6. The summed E-state index contributed by atoms with van der Waals surface area (Å²) in [5.74, 6) is 0.696. The summed E-state index contributed by atoms with van der Waals surface area (Å²) in [7, 11) is 0. The first kappa shape index (κ1) is 14.2. The molecule has 2 atom stereocenters. The van der Waals surface area contributed by atoms with Gasteiger partial charge in [-0.25, -0.2) is 4.98 Å². The van der Waals surface area contributed by atoms with Crippen LogP contribution in [0.2, 0.25) is 0 Å². The van der Waals surface area contributed by atoms with Gasteiger partial charge in [0.2, 0.25) is 0 Å². The third kappa shape index (κ3) is 3.03. The van der Waals surface area contributed by atoms with Gasteiger partial charge in [0.15, 0.2) is 0 Å². The fourth-order valence-electron chi connectivity index (χ4n) is 2.57. The number of nitriles is 1. The summed E-state index contributed by atoms with van der Waals surface area (Å²) in [5.41, 5.74) is 5.57. The van der Waals surface area contributed by atoms with E-state index in [2.05, 4.69) is 4.98 Å². The van der Waals surface area contributed by atoms with Crippen LogP contribution in [0.25, 0.3) is 0 Å². The smallest absolute Gasteiger partial charge is 0.332 e. The number of aromatic nitrogens is 1. The Kier molecular flexibility index (Phi) is 4.48. The van der Waals surface area contributed by atoms with E-state index >= 15 is 0 Å². The first-order valence-electron chi connectivity index (χ1n) is 6.53. The van der Waals surface area contributed by atoms with Crippen molar-refractivity contribution >= 4 is 5.69 Å².